The Hall–Kier alpha value is -1.98. The van der Waals surface area contributed by atoms with Crippen LogP contribution in [0.1, 0.15) is 11.1 Å². The first-order valence-corrected chi connectivity index (χ1v) is 5.61. The molecule has 0 aliphatic rings. The summed E-state index contributed by atoms with van der Waals surface area (Å²) in [5.74, 6) is 0.979. The van der Waals surface area contributed by atoms with Crippen LogP contribution < -0.4 is 4.74 Å². The topological polar surface area (TPSA) is 75.5 Å². The fourth-order valence-corrected chi connectivity index (χ4v) is 1.51. The second-order valence-corrected chi connectivity index (χ2v) is 3.73. The predicted octanol–water partition coefficient (Wildman–Crippen LogP) is 1.30. The third kappa shape index (κ3) is 3.03. The first-order chi connectivity index (χ1) is 8.83. The maximum atomic E-state index is 9.12. The smallest absolute Gasteiger partial charge is 0.227 e. The van der Waals surface area contributed by atoms with Gasteiger partial charge < -0.3 is 14.9 Å². The molecule has 0 amide bonds. The van der Waals surface area contributed by atoms with Crippen molar-refractivity contribution in [3.63, 3.8) is 0 Å². The van der Waals surface area contributed by atoms with Crippen molar-refractivity contribution in [2.75, 3.05) is 6.61 Å². The van der Waals surface area contributed by atoms with Crippen molar-refractivity contribution in [2.45, 2.75) is 13.0 Å². The SMILES string of the molecule is OCCc1ccc(Oc2ncncc2CO)cc1. The molecule has 18 heavy (non-hydrogen) atoms. The number of benzene rings is 1. The van der Waals surface area contributed by atoms with E-state index in [9.17, 15) is 0 Å². The van der Waals surface area contributed by atoms with E-state index in [0.717, 1.165) is 5.56 Å². The second-order valence-electron chi connectivity index (χ2n) is 3.73. The van der Waals surface area contributed by atoms with Crippen molar-refractivity contribution >= 4 is 0 Å². The molecule has 0 aliphatic heterocycles. The number of hydrogen-bond donors (Lipinski definition) is 2. The molecule has 0 spiro atoms. The summed E-state index contributed by atoms with van der Waals surface area (Å²) >= 11 is 0. The first-order valence-electron chi connectivity index (χ1n) is 5.61. The largest absolute Gasteiger partial charge is 0.439 e. The van der Waals surface area contributed by atoms with Crippen molar-refractivity contribution in [3.05, 3.63) is 47.9 Å². The third-order valence-electron chi connectivity index (χ3n) is 2.46. The molecule has 1 heterocycles. The minimum absolute atomic E-state index is 0.126. The number of aromatic nitrogens is 2. The minimum Gasteiger partial charge on any atom is -0.439 e. The fourth-order valence-electron chi connectivity index (χ4n) is 1.51. The number of ether oxygens (including phenoxy) is 1. The number of nitrogens with zero attached hydrogens (tertiary/aromatic N) is 2. The van der Waals surface area contributed by atoms with Gasteiger partial charge in [-0.05, 0) is 24.1 Å². The molecule has 0 bridgehead atoms. The molecule has 2 N–H and O–H groups in total. The zero-order valence-electron chi connectivity index (χ0n) is 9.78. The van der Waals surface area contributed by atoms with Gasteiger partial charge in [0.2, 0.25) is 5.88 Å². The lowest BCUT2D eigenvalue weighted by Crippen LogP contribution is -1.96. The van der Waals surface area contributed by atoms with Gasteiger partial charge in [-0.15, -0.1) is 0 Å². The summed E-state index contributed by atoms with van der Waals surface area (Å²) in [5.41, 5.74) is 1.58. The van der Waals surface area contributed by atoms with E-state index < -0.39 is 0 Å². The zero-order chi connectivity index (χ0) is 12.8. The van der Waals surface area contributed by atoms with Gasteiger partial charge in [0.1, 0.15) is 12.1 Å². The Balaban J connectivity index is 2.13. The molecule has 1 aromatic heterocycles. The van der Waals surface area contributed by atoms with E-state index in [0.29, 0.717) is 23.6 Å². The lowest BCUT2D eigenvalue weighted by atomic mass is 10.1. The van der Waals surface area contributed by atoms with Crippen LogP contribution in [0.3, 0.4) is 0 Å². The van der Waals surface area contributed by atoms with E-state index in [2.05, 4.69) is 9.97 Å². The Morgan fingerprint density at radius 1 is 1.11 bits per heavy atom. The Morgan fingerprint density at radius 2 is 1.89 bits per heavy atom. The summed E-state index contributed by atoms with van der Waals surface area (Å²) in [5, 5.41) is 17.9. The molecule has 2 rings (SSSR count). The molecule has 0 atom stereocenters. The van der Waals surface area contributed by atoms with Crippen molar-refractivity contribution in [1.82, 2.24) is 9.97 Å². The highest BCUT2D eigenvalue weighted by Gasteiger charge is 2.05. The maximum absolute atomic E-state index is 9.12. The summed E-state index contributed by atoms with van der Waals surface area (Å²) < 4.78 is 5.56. The van der Waals surface area contributed by atoms with E-state index in [1.165, 1.54) is 12.5 Å². The van der Waals surface area contributed by atoms with Crippen LogP contribution in [-0.2, 0) is 13.0 Å². The minimum atomic E-state index is -0.168. The summed E-state index contributed by atoms with van der Waals surface area (Å²) in [6.07, 6.45) is 3.51. The van der Waals surface area contributed by atoms with Crippen LogP contribution in [0.4, 0.5) is 0 Å². The van der Waals surface area contributed by atoms with Crippen LogP contribution in [0.15, 0.2) is 36.8 Å². The lowest BCUT2D eigenvalue weighted by Gasteiger charge is -2.08. The number of hydrogen-bond acceptors (Lipinski definition) is 5. The maximum Gasteiger partial charge on any atom is 0.227 e. The number of aliphatic hydroxyl groups excluding tert-OH is 2. The third-order valence-corrected chi connectivity index (χ3v) is 2.46. The van der Waals surface area contributed by atoms with Gasteiger partial charge in [-0.3, -0.25) is 0 Å². The standard InChI is InChI=1S/C13H14N2O3/c16-6-5-10-1-3-12(4-2-10)18-13-11(8-17)7-14-9-15-13/h1-4,7,9,16-17H,5-6,8H2. The summed E-state index contributed by atoms with van der Waals surface area (Å²) in [7, 11) is 0. The van der Waals surface area contributed by atoms with Gasteiger partial charge in [0.25, 0.3) is 0 Å². The molecule has 1 aromatic carbocycles. The van der Waals surface area contributed by atoms with E-state index >= 15 is 0 Å². The van der Waals surface area contributed by atoms with Crippen LogP contribution in [0, 0.1) is 0 Å². The molecule has 0 radical (unpaired) electrons. The molecular formula is C13H14N2O3. The lowest BCUT2D eigenvalue weighted by molar-refractivity contribution is 0.274. The van der Waals surface area contributed by atoms with Crippen LogP contribution in [0.2, 0.25) is 0 Å². The normalized spacial score (nSPS) is 10.3. The van der Waals surface area contributed by atoms with Gasteiger partial charge in [-0.2, -0.15) is 0 Å². The highest BCUT2D eigenvalue weighted by molar-refractivity contribution is 5.32. The van der Waals surface area contributed by atoms with Crippen LogP contribution in [0.25, 0.3) is 0 Å². The molecule has 0 unspecified atom stereocenters. The van der Waals surface area contributed by atoms with Crippen LogP contribution in [0.5, 0.6) is 11.6 Å². The molecule has 0 saturated carbocycles. The Labute approximate surface area is 105 Å². The van der Waals surface area contributed by atoms with Crippen molar-refractivity contribution in [3.8, 4) is 11.6 Å². The molecule has 2 aromatic rings. The van der Waals surface area contributed by atoms with Gasteiger partial charge in [0, 0.05) is 12.8 Å². The zero-order valence-corrected chi connectivity index (χ0v) is 9.78. The number of rotatable bonds is 5. The quantitative estimate of drug-likeness (QED) is 0.831. The predicted molar refractivity (Wildman–Crippen MR) is 65.3 cm³/mol. The average Bonchev–Trinajstić information content (AvgIpc) is 2.42. The fraction of sp³-hybridized carbons (Fsp3) is 0.231. The highest BCUT2D eigenvalue weighted by atomic mass is 16.5. The van der Waals surface area contributed by atoms with Crippen molar-refractivity contribution in [2.24, 2.45) is 0 Å². The van der Waals surface area contributed by atoms with Gasteiger partial charge in [-0.1, -0.05) is 12.1 Å². The second kappa shape index (κ2) is 6.09. The van der Waals surface area contributed by atoms with E-state index in [1.54, 1.807) is 12.1 Å². The Bertz CT molecular complexity index is 500. The summed E-state index contributed by atoms with van der Waals surface area (Å²) in [6.45, 7) is -0.0421. The first kappa shape index (κ1) is 12.5. The van der Waals surface area contributed by atoms with Crippen LogP contribution in [-0.4, -0.2) is 26.8 Å². The molecule has 0 saturated heterocycles. The van der Waals surface area contributed by atoms with E-state index in [4.69, 9.17) is 14.9 Å². The van der Waals surface area contributed by atoms with Crippen molar-refractivity contribution < 1.29 is 14.9 Å². The van der Waals surface area contributed by atoms with Gasteiger partial charge in [0.05, 0.1) is 12.2 Å². The molecule has 5 nitrogen and oxygen atoms in total. The summed E-state index contributed by atoms with van der Waals surface area (Å²) in [6, 6.07) is 7.36. The number of aliphatic hydroxyl groups is 2. The molecule has 5 heteroatoms. The Kier molecular flexibility index (Phi) is 4.22. The Morgan fingerprint density at radius 3 is 2.56 bits per heavy atom. The monoisotopic (exact) mass is 246 g/mol. The molecule has 0 fully saturated rings. The van der Waals surface area contributed by atoms with Crippen molar-refractivity contribution in [1.29, 1.82) is 0 Å². The average molecular weight is 246 g/mol. The van der Waals surface area contributed by atoms with Gasteiger partial charge in [-0.25, -0.2) is 9.97 Å². The van der Waals surface area contributed by atoms with Crippen LogP contribution >= 0.6 is 0 Å². The molecule has 94 valence electrons. The van der Waals surface area contributed by atoms with E-state index in [1.807, 2.05) is 12.1 Å². The van der Waals surface area contributed by atoms with Gasteiger partial charge >= 0.3 is 0 Å². The van der Waals surface area contributed by atoms with E-state index in [-0.39, 0.29) is 13.2 Å². The molecular weight excluding hydrogens is 232 g/mol. The summed E-state index contributed by atoms with van der Waals surface area (Å²) in [4.78, 5) is 7.79. The van der Waals surface area contributed by atoms with Gasteiger partial charge in [0.15, 0.2) is 0 Å². The highest BCUT2D eigenvalue weighted by Crippen LogP contribution is 2.22. The molecule has 0 aliphatic carbocycles.